The van der Waals surface area contributed by atoms with Crippen LogP contribution in [0, 0.1) is 5.92 Å². The Morgan fingerprint density at radius 3 is 2.94 bits per heavy atom. The molecule has 1 aliphatic rings. The van der Waals surface area contributed by atoms with Crippen LogP contribution < -0.4 is 5.73 Å². The summed E-state index contributed by atoms with van der Waals surface area (Å²) in [7, 11) is 0. The van der Waals surface area contributed by atoms with E-state index in [4.69, 9.17) is 15.0 Å². The molecule has 90 valence electrons. The van der Waals surface area contributed by atoms with Gasteiger partial charge in [-0.25, -0.2) is 0 Å². The zero-order valence-corrected chi connectivity index (χ0v) is 10.0. The fraction of sp³-hybridized carbons (Fsp3) is 0.750. The average Bonchev–Trinajstić information content (AvgIpc) is 2.61. The molecule has 2 N–H and O–H groups in total. The second-order valence-electron chi connectivity index (χ2n) is 4.92. The third kappa shape index (κ3) is 2.38. The van der Waals surface area contributed by atoms with Crippen LogP contribution in [0.25, 0.3) is 0 Å². The van der Waals surface area contributed by atoms with Gasteiger partial charge in [0.05, 0.1) is 6.61 Å². The van der Waals surface area contributed by atoms with Gasteiger partial charge in [-0.3, -0.25) is 0 Å². The normalized spacial score (nSPS) is 21.6. The molecule has 4 nitrogen and oxygen atoms in total. The summed E-state index contributed by atoms with van der Waals surface area (Å²) in [5, 5.41) is 3.89. The number of nitrogen functional groups attached to an aromatic ring is 1. The van der Waals surface area contributed by atoms with E-state index in [-0.39, 0.29) is 0 Å². The van der Waals surface area contributed by atoms with E-state index < -0.39 is 0 Å². The summed E-state index contributed by atoms with van der Waals surface area (Å²) in [6, 6.07) is 0. The van der Waals surface area contributed by atoms with Gasteiger partial charge in [-0.05, 0) is 25.2 Å². The molecule has 0 bridgehead atoms. The number of nitrogens with zero attached hydrogens (tertiary/aromatic N) is 1. The highest BCUT2D eigenvalue weighted by Gasteiger charge is 2.25. The Bertz CT molecular complexity index is 341. The molecular weight excluding hydrogens is 204 g/mol. The number of anilines is 1. The van der Waals surface area contributed by atoms with Gasteiger partial charge >= 0.3 is 0 Å². The number of rotatable bonds is 3. The van der Waals surface area contributed by atoms with E-state index in [1.165, 1.54) is 0 Å². The van der Waals surface area contributed by atoms with Crippen LogP contribution in [0.3, 0.4) is 0 Å². The van der Waals surface area contributed by atoms with E-state index >= 15 is 0 Å². The second-order valence-corrected chi connectivity index (χ2v) is 4.92. The third-order valence-corrected chi connectivity index (χ3v) is 2.99. The van der Waals surface area contributed by atoms with Crippen LogP contribution in [0.5, 0.6) is 0 Å². The first kappa shape index (κ1) is 11.5. The molecule has 2 heterocycles. The average molecular weight is 224 g/mol. The highest BCUT2D eigenvalue weighted by molar-refractivity contribution is 5.42. The first-order valence-electron chi connectivity index (χ1n) is 6.00. The molecule has 0 saturated carbocycles. The summed E-state index contributed by atoms with van der Waals surface area (Å²) < 4.78 is 10.9. The van der Waals surface area contributed by atoms with E-state index in [1.807, 2.05) is 0 Å². The van der Waals surface area contributed by atoms with Gasteiger partial charge in [0.1, 0.15) is 5.76 Å². The highest BCUT2D eigenvalue weighted by Crippen LogP contribution is 2.32. The molecule has 0 radical (unpaired) electrons. The molecule has 16 heavy (non-hydrogen) atoms. The van der Waals surface area contributed by atoms with Crippen molar-refractivity contribution in [1.82, 2.24) is 5.16 Å². The zero-order valence-electron chi connectivity index (χ0n) is 10.0. The molecule has 2 rings (SSSR count). The van der Waals surface area contributed by atoms with Crippen molar-refractivity contribution in [3.63, 3.8) is 0 Å². The highest BCUT2D eigenvalue weighted by atomic mass is 16.5. The molecule has 1 unspecified atom stereocenters. The lowest BCUT2D eigenvalue weighted by molar-refractivity contribution is 0.0717. The number of hydrogen-bond acceptors (Lipinski definition) is 4. The zero-order chi connectivity index (χ0) is 11.5. The Hall–Kier alpha value is -1.03. The fourth-order valence-corrected chi connectivity index (χ4v) is 2.22. The first-order chi connectivity index (χ1) is 7.68. The smallest absolute Gasteiger partial charge is 0.170 e. The summed E-state index contributed by atoms with van der Waals surface area (Å²) in [6.45, 7) is 5.94. The van der Waals surface area contributed by atoms with Gasteiger partial charge in [-0.15, -0.1) is 0 Å². The number of nitrogens with two attached hydrogens (primary N) is 1. The van der Waals surface area contributed by atoms with Crippen LogP contribution in [0.1, 0.15) is 43.9 Å². The fourth-order valence-electron chi connectivity index (χ4n) is 2.22. The van der Waals surface area contributed by atoms with Crippen LogP contribution in [-0.4, -0.2) is 18.4 Å². The van der Waals surface area contributed by atoms with Crippen molar-refractivity contribution in [2.45, 2.75) is 39.0 Å². The predicted molar refractivity (Wildman–Crippen MR) is 62.3 cm³/mol. The molecule has 4 heteroatoms. The van der Waals surface area contributed by atoms with Crippen LogP contribution in [0.2, 0.25) is 0 Å². The van der Waals surface area contributed by atoms with E-state index in [2.05, 4.69) is 19.0 Å². The van der Waals surface area contributed by atoms with Crippen molar-refractivity contribution in [3.8, 4) is 0 Å². The number of hydrogen-bond donors (Lipinski definition) is 1. The Morgan fingerprint density at radius 2 is 2.31 bits per heavy atom. The maximum absolute atomic E-state index is 5.85. The Balaban J connectivity index is 2.18. The first-order valence-corrected chi connectivity index (χ1v) is 6.00. The van der Waals surface area contributed by atoms with Crippen molar-refractivity contribution in [2.24, 2.45) is 5.92 Å². The summed E-state index contributed by atoms with van der Waals surface area (Å²) >= 11 is 0. The van der Waals surface area contributed by atoms with Gasteiger partial charge in [0.15, 0.2) is 5.82 Å². The van der Waals surface area contributed by atoms with Crippen molar-refractivity contribution in [2.75, 3.05) is 18.9 Å². The summed E-state index contributed by atoms with van der Waals surface area (Å²) in [5.41, 5.74) is 6.94. The van der Waals surface area contributed by atoms with Gasteiger partial charge in [-0.1, -0.05) is 19.0 Å². The molecule has 1 saturated heterocycles. The lowest BCUT2D eigenvalue weighted by Crippen LogP contribution is -2.16. The topological polar surface area (TPSA) is 61.3 Å². The third-order valence-electron chi connectivity index (χ3n) is 2.99. The van der Waals surface area contributed by atoms with Crippen molar-refractivity contribution >= 4 is 5.82 Å². The molecule has 1 aromatic rings. The number of ether oxygens (including phenoxy) is 1. The molecule has 0 aliphatic carbocycles. The maximum atomic E-state index is 5.85. The van der Waals surface area contributed by atoms with E-state index in [0.717, 1.165) is 43.8 Å². The SMILES string of the molecule is CC(C)Cc1c(N)noc1C1CCCOC1. The minimum absolute atomic E-state index is 0.340. The van der Waals surface area contributed by atoms with Crippen LogP contribution in [-0.2, 0) is 11.2 Å². The molecule has 0 spiro atoms. The molecule has 1 atom stereocenters. The predicted octanol–water partition coefficient (Wildman–Crippen LogP) is 2.35. The van der Waals surface area contributed by atoms with Crippen molar-refractivity contribution in [1.29, 1.82) is 0 Å². The van der Waals surface area contributed by atoms with Crippen LogP contribution in [0.4, 0.5) is 5.82 Å². The van der Waals surface area contributed by atoms with Gasteiger partial charge < -0.3 is 15.0 Å². The Labute approximate surface area is 96.1 Å². The summed E-state index contributed by atoms with van der Waals surface area (Å²) in [6.07, 6.45) is 3.13. The van der Waals surface area contributed by atoms with E-state index in [1.54, 1.807) is 0 Å². The maximum Gasteiger partial charge on any atom is 0.170 e. The largest absolute Gasteiger partial charge is 0.381 e. The van der Waals surface area contributed by atoms with E-state index in [0.29, 0.717) is 17.7 Å². The van der Waals surface area contributed by atoms with Gasteiger partial charge in [0, 0.05) is 18.1 Å². The van der Waals surface area contributed by atoms with Gasteiger partial charge in [0.25, 0.3) is 0 Å². The van der Waals surface area contributed by atoms with Crippen LogP contribution in [0.15, 0.2) is 4.52 Å². The van der Waals surface area contributed by atoms with Crippen molar-refractivity contribution in [3.05, 3.63) is 11.3 Å². The van der Waals surface area contributed by atoms with Gasteiger partial charge in [-0.2, -0.15) is 0 Å². The summed E-state index contributed by atoms with van der Waals surface area (Å²) in [5.74, 6) is 2.40. The molecule has 1 aliphatic heterocycles. The minimum atomic E-state index is 0.340. The van der Waals surface area contributed by atoms with E-state index in [9.17, 15) is 0 Å². The quantitative estimate of drug-likeness (QED) is 0.856. The molecule has 0 amide bonds. The standard InChI is InChI=1S/C12H20N2O2/c1-8(2)6-10-11(16-14-12(10)13)9-4-3-5-15-7-9/h8-9H,3-7H2,1-2H3,(H2,13,14). The lowest BCUT2D eigenvalue weighted by Gasteiger charge is -2.20. The van der Waals surface area contributed by atoms with Crippen molar-refractivity contribution < 1.29 is 9.26 Å². The van der Waals surface area contributed by atoms with Crippen LogP contribution >= 0.6 is 0 Å². The van der Waals surface area contributed by atoms with Gasteiger partial charge in [0.2, 0.25) is 0 Å². The lowest BCUT2D eigenvalue weighted by atomic mass is 9.93. The molecule has 1 fully saturated rings. The number of aromatic nitrogens is 1. The Morgan fingerprint density at radius 1 is 1.50 bits per heavy atom. The molecule has 1 aromatic heterocycles. The summed E-state index contributed by atoms with van der Waals surface area (Å²) in [4.78, 5) is 0. The minimum Gasteiger partial charge on any atom is -0.381 e. The molecule has 0 aromatic carbocycles. The Kier molecular flexibility index (Phi) is 3.49. The second kappa shape index (κ2) is 4.87. The molecular formula is C12H20N2O2. The monoisotopic (exact) mass is 224 g/mol.